The molecular formula is C13H16N4O. The van der Waals surface area contributed by atoms with Crippen molar-refractivity contribution < 1.29 is 4.79 Å². The van der Waals surface area contributed by atoms with E-state index >= 15 is 0 Å². The lowest BCUT2D eigenvalue weighted by atomic mass is 10.2. The number of aromatic nitrogens is 2. The van der Waals surface area contributed by atoms with Gasteiger partial charge in [-0.15, -0.1) is 0 Å². The minimum absolute atomic E-state index is 0.0972. The lowest BCUT2D eigenvalue weighted by Gasteiger charge is -2.17. The molecule has 0 atom stereocenters. The molecule has 0 aliphatic heterocycles. The third-order valence-electron chi connectivity index (χ3n) is 2.61. The number of H-pyrrole nitrogens is 1. The van der Waals surface area contributed by atoms with Crippen LogP contribution in [-0.2, 0) is 13.1 Å². The molecule has 0 saturated carbocycles. The molecule has 1 aromatic heterocycles. The highest BCUT2D eigenvalue weighted by Gasteiger charge is 2.08. The first-order valence-corrected chi connectivity index (χ1v) is 5.76. The fourth-order valence-electron chi connectivity index (χ4n) is 1.62. The molecule has 0 aliphatic carbocycles. The topological polar surface area (TPSA) is 61.0 Å². The van der Waals surface area contributed by atoms with Crippen LogP contribution < -0.4 is 5.32 Å². The Bertz CT molecular complexity index is 481. The summed E-state index contributed by atoms with van der Waals surface area (Å²) in [6.07, 6.45) is 3.49. The van der Waals surface area contributed by atoms with E-state index in [1.165, 1.54) is 0 Å². The van der Waals surface area contributed by atoms with E-state index < -0.39 is 0 Å². The van der Waals surface area contributed by atoms with Crippen molar-refractivity contribution in [2.24, 2.45) is 0 Å². The summed E-state index contributed by atoms with van der Waals surface area (Å²) in [5.74, 6) is 0. The zero-order valence-corrected chi connectivity index (χ0v) is 10.3. The summed E-state index contributed by atoms with van der Waals surface area (Å²) in [5.41, 5.74) is 2.06. The molecule has 2 aromatic rings. The summed E-state index contributed by atoms with van der Waals surface area (Å²) in [4.78, 5) is 13.4. The first-order chi connectivity index (χ1) is 8.75. The van der Waals surface area contributed by atoms with Gasteiger partial charge in [0.25, 0.3) is 0 Å². The average Bonchev–Trinajstić information content (AvgIpc) is 2.90. The Morgan fingerprint density at radius 1 is 1.33 bits per heavy atom. The van der Waals surface area contributed by atoms with Crippen LogP contribution in [0.2, 0.25) is 0 Å². The van der Waals surface area contributed by atoms with E-state index in [1.54, 1.807) is 24.3 Å². The third-order valence-corrected chi connectivity index (χ3v) is 2.61. The van der Waals surface area contributed by atoms with E-state index in [-0.39, 0.29) is 6.03 Å². The second-order valence-electron chi connectivity index (χ2n) is 4.11. The molecule has 0 saturated heterocycles. The maximum atomic E-state index is 11.8. The minimum Gasteiger partial charge on any atom is -0.334 e. The number of aromatic amines is 1. The molecule has 1 aromatic carbocycles. The summed E-state index contributed by atoms with van der Waals surface area (Å²) < 4.78 is 0. The van der Waals surface area contributed by atoms with Crippen molar-refractivity contribution in [3.63, 3.8) is 0 Å². The van der Waals surface area contributed by atoms with Gasteiger partial charge in [-0.2, -0.15) is 5.10 Å². The smallest absolute Gasteiger partial charge is 0.317 e. The third kappa shape index (κ3) is 3.35. The van der Waals surface area contributed by atoms with Crippen LogP contribution in [0.1, 0.15) is 11.1 Å². The van der Waals surface area contributed by atoms with E-state index in [0.29, 0.717) is 13.1 Å². The van der Waals surface area contributed by atoms with Crippen LogP contribution in [0.5, 0.6) is 0 Å². The van der Waals surface area contributed by atoms with Crippen molar-refractivity contribution in [2.45, 2.75) is 13.1 Å². The zero-order chi connectivity index (χ0) is 12.8. The molecule has 0 aliphatic rings. The fourth-order valence-corrected chi connectivity index (χ4v) is 1.62. The Labute approximate surface area is 106 Å². The summed E-state index contributed by atoms with van der Waals surface area (Å²) >= 11 is 0. The van der Waals surface area contributed by atoms with Crippen LogP contribution in [0.15, 0.2) is 42.7 Å². The molecule has 0 fully saturated rings. The minimum atomic E-state index is -0.0972. The SMILES string of the molecule is CN(Cc1cn[nH]c1)C(=O)NCc1ccccc1. The largest absolute Gasteiger partial charge is 0.334 e. The van der Waals surface area contributed by atoms with Crippen molar-refractivity contribution >= 4 is 6.03 Å². The molecule has 2 amide bonds. The maximum Gasteiger partial charge on any atom is 0.317 e. The van der Waals surface area contributed by atoms with Gasteiger partial charge in [0, 0.05) is 25.4 Å². The molecule has 5 nitrogen and oxygen atoms in total. The van der Waals surface area contributed by atoms with E-state index in [4.69, 9.17) is 0 Å². The highest BCUT2D eigenvalue weighted by atomic mass is 16.2. The van der Waals surface area contributed by atoms with Crippen molar-refractivity contribution in [1.29, 1.82) is 0 Å². The number of urea groups is 1. The molecule has 1 heterocycles. The van der Waals surface area contributed by atoms with Gasteiger partial charge in [-0.1, -0.05) is 30.3 Å². The van der Waals surface area contributed by atoms with Gasteiger partial charge < -0.3 is 10.2 Å². The number of carbonyl (C=O) groups is 1. The molecule has 0 radical (unpaired) electrons. The van der Waals surface area contributed by atoms with E-state index in [0.717, 1.165) is 11.1 Å². The summed E-state index contributed by atoms with van der Waals surface area (Å²) in [6.45, 7) is 1.08. The van der Waals surface area contributed by atoms with E-state index in [1.807, 2.05) is 30.3 Å². The number of rotatable bonds is 4. The van der Waals surface area contributed by atoms with Crippen molar-refractivity contribution in [2.75, 3.05) is 7.05 Å². The number of carbonyl (C=O) groups excluding carboxylic acids is 1. The van der Waals surface area contributed by atoms with Crippen molar-refractivity contribution in [1.82, 2.24) is 20.4 Å². The van der Waals surface area contributed by atoms with E-state index in [9.17, 15) is 4.79 Å². The molecule has 0 bridgehead atoms. The lowest BCUT2D eigenvalue weighted by Crippen LogP contribution is -2.36. The Kier molecular flexibility index (Phi) is 3.96. The second-order valence-corrected chi connectivity index (χ2v) is 4.11. The van der Waals surface area contributed by atoms with Crippen LogP contribution in [0.4, 0.5) is 4.79 Å². The molecule has 0 unspecified atom stereocenters. The predicted molar refractivity (Wildman–Crippen MR) is 68.7 cm³/mol. The number of hydrogen-bond acceptors (Lipinski definition) is 2. The number of nitrogens with one attached hydrogen (secondary N) is 2. The van der Waals surface area contributed by atoms with Crippen LogP contribution in [0.3, 0.4) is 0 Å². The Hall–Kier alpha value is -2.30. The van der Waals surface area contributed by atoms with Crippen molar-refractivity contribution in [3.05, 3.63) is 53.9 Å². The molecule has 2 rings (SSSR count). The first kappa shape index (κ1) is 12.2. The standard InChI is InChI=1S/C13H16N4O/c1-17(10-12-8-15-16-9-12)13(18)14-7-11-5-3-2-4-6-11/h2-6,8-9H,7,10H2,1H3,(H,14,18)(H,15,16). The average molecular weight is 244 g/mol. The van der Waals surface area contributed by atoms with Crippen LogP contribution >= 0.6 is 0 Å². The number of hydrogen-bond donors (Lipinski definition) is 2. The molecule has 0 spiro atoms. The highest BCUT2D eigenvalue weighted by Crippen LogP contribution is 2.01. The van der Waals surface area contributed by atoms with Gasteiger partial charge in [-0.25, -0.2) is 4.79 Å². The van der Waals surface area contributed by atoms with Crippen molar-refractivity contribution in [3.8, 4) is 0 Å². The maximum absolute atomic E-state index is 11.8. The van der Waals surface area contributed by atoms with Crippen LogP contribution in [0, 0.1) is 0 Å². The summed E-state index contributed by atoms with van der Waals surface area (Å²) in [6, 6.07) is 9.73. The molecule has 94 valence electrons. The quantitative estimate of drug-likeness (QED) is 0.860. The Morgan fingerprint density at radius 3 is 2.78 bits per heavy atom. The van der Waals surface area contributed by atoms with Gasteiger partial charge in [0.1, 0.15) is 0 Å². The predicted octanol–water partition coefficient (Wildman–Crippen LogP) is 1.75. The zero-order valence-electron chi connectivity index (χ0n) is 10.3. The first-order valence-electron chi connectivity index (χ1n) is 5.76. The second kappa shape index (κ2) is 5.86. The Morgan fingerprint density at radius 2 is 2.11 bits per heavy atom. The van der Waals surface area contributed by atoms with Crippen LogP contribution in [-0.4, -0.2) is 28.2 Å². The van der Waals surface area contributed by atoms with E-state index in [2.05, 4.69) is 15.5 Å². The lowest BCUT2D eigenvalue weighted by molar-refractivity contribution is 0.206. The van der Waals surface area contributed by atoms with Gasteiger partial charge in [-0.3, -0.25) is 5.10 Å². The van der Waals surface area contributed by atoms with Gasteiger partial charge >= 0.3 is 6.03 Å². The molecule has 18 heavy (non-hydrogen) atoms. The van der Waals surface area contributed by atoms with Gasteiger partial charge in [0.05, 0.1) is 12.7 Å². The van der Waals surface area contributed by atoms with Crippen LogP contribution in [0.25, 0.3) is 0 Å². The molecule has 5 heteroatoms. The monoisotopic (exact) mass is 244 g/mol. The van der Waals surface area contributed by atoms with Gasteiger partial charge in [-0.05, 0) is 5.56 Å². The highest BCUT2D eigenvalue weighted by molar-refractivity contribution is 5.73. The fraction of sp³-hybridized carbons (Fsp3) is 0.231. The normalized spacial score (nSPS) is 10.1. The number of amides is 2. The Balaban J connectivity index is 1.81. The molecular weight excluding hydrogens is 228 g/mol. The summed E-state index contributed by atoms with van der Waals surface area (Å²) in [5, 5.41) is 9.44. The van der Waals surface area contributed by atoms with Gasteiger partial charge in [0.2, 0.25) is 0 Å². The van der Waals surface area contributed by atoms with Gasteiger partial charge in [0.15, 0.2) is 0 Å². The number of nitrogens with zero attached hydrogens (tertiary/aromatic N) is 2. The number of benzene rings is 1. The summed E-state index contributed by atoms with van der Waals surface area (Å²) in [7, 11) is 1.76. The molecule has 2 N–H and O–H groups in total.